The topological polar surface area (TPSA) is 29.1 Å². The van der Waals surface area contributed by atoms with E-state index >= 15 is 0 Å². The molecule has 1 aliphatic rings. The minimum absolute atomic E-state index is 0.0396. The van der Waals surface area contributed by atoms with Crippen molar-refractivity contribution in [3.8, 4) is 0 Å². The highest BCUT2D eigenvalue weighted by Crippen LogP contribution is 2.40. The zero-order valence-electron chi connectivity index (χ0n) is 16.2. The van der Waals surface area contributed by atoms with Crippen LogP contribution in [0.3, 0.4) is 0 Å². The molecule has 1 N–H and O–H groups in total. The van der Waals surface area contributed by atoms with Crippen LogP contribution >= 0.6 is 0 Å². The van der Waals surface area contributed by atoms with Gasteiger partial charge >= 0.3 is 0 Å². The van der Waals surface area contributed by atoms with E-state index in [0.717, 1.165) is 5.57 Å². The van der Waals surface area contributed by atoms with Crippen LogP contribution in [-0.4, -0.2) is 12.5 Å². The molecule has 0 aliphatic heterocycles. The van der Waals surface area contributed by atoms with Gasteiger partial charge in [0.2, 0.25) is 5.91 Å². The van der Waals surface area contributed by atoms with Gasteiger partial charge < -0.3 is 5.32 Å². The van der Waals surface area contributed by atoms with Crippen molar-refractivity contribution in [2.24, 2.45) is 5.41 Å². The number of allylic oxidation sites excluding steroid dienone is 9. The Balaban J connectivity index is 2.73. The fourth-order valence-electron chi connectivity index (χ4n) is 3.11. The maximum Gasteiger partial charge on any atom is 0.244 e. The van der Waals surface area contributed by atoms with E-state index < -0.39 is 0 Å². The molecular formula is C22H33NO. The number of likely N-dealkylation sites (N-methyl/N-ethyl adjacent to an activating group) is 1. The van der Waals surface area contributed by atoms with Crippen LogP contribution in [-0.2, 0) is 4.79 Å². The summed E-state index contributed by atoms with van der Waals surface area (Å²) in [5, 5.41) is 2.76. The highest BCUT2D eigenvalue weighted by atomic mass is 16.1. The Morgan fingerprint density at radius 1 is 1.21 bits per heavy atom. The third-order valence-electron chi connectivity index (χ3n) is 4.48. The van der Waals surface area contributed by atoms with Crippen LogP contribution in [0.15, 0.2) is 58.7 Å². The van der Waals surface area contributed by atoms with Crippen molar-refractivity contribution >= 4 is 5.91 Å². The van der Waals surface area contributed by atoms with Gasteiger partial charge in [0.05, 0.1) is 0 Å². The molecule has 1 rings (SSSR count). The number of rotatable bonds is 6. The molecule has 0 atom stereocenters. The first-order chi connectivity index (χ1) is 11.3. The first-order valence-electron chi connectivity index (χ1n) is 8.95. The van der Waals surface area contributed by atoms with Crippen molar-refractivity contribution in [1.29, 1.82) is 0 Å². The van der Waals surface area contributed by atoms with Gasteiger partial charge in [-0.1, -0.05) is 55.4 Å². The number of carbonyl (C=O) groups is 1. The maximum absolute atomic E-state index is 11.5. The fraction of sp³-hybridized carbons (Fsp3) is 0.500. The Morgan fingerprint density at radius 2 is 1.92 bits per heavy atom. The Morgan fingerprint density at radius 3 is 2.54 bits per heavy atom. The van der Waals surface area contributed by atoms with E-state index in [9.17, 15) is 4.79 Å². The summed E-state index contributed by atoms with van der Waals surface area (Å²) < 4.78 is 0. The second kappa shape index (κ2) is 9.46. The Bertz CT molecular complexity index is 597. The highest BCUT2D eigenvalue weighted by molar-refractivity contribution is 5.88. The van der Waals surface area contributed by atoms with E-state index in [2.05, 4.69) is 51.2 Å². The summed E-state index contributed by atoms with van der Waals surface area (Å²) in [4.78, 5) is 11.5. The van der Waals surface area contributed by atoms with Crippen molar-refractivity contribution in [2.75, 3.05) is 6.54 Å². The lowest BCUT2D eigenvalue weighted by atomic mass is 9.72. The molecule has 2 nitrogen and oxygen atoms in total. The van der Waals surface area contributed by atoms with Crippen molar-refractivity contribution < 1.29 is 4.79 Å². The summed E-state index contributed by atoms with van der Waals surface area (Å²) in [5.74, 6) is -0.0396. The number of hydrogen-bond acceptors (Lipinski definition) is 1. The van der Waals surface area contributed by atoms with Crippen LogP contribution in [0, 0.1) is 5.41 Å². The lowest BCUT2D eigenvalue weighted by molar-refractivity contribution is -0.116. The molecule has 0 bridgehead atoms. The molecule has 0 aromatic carbocycles. The van der Waals surface area contributed by atoms with Gasteiger partial charge in [0.15, 0.2) is 0 Å². The molecule has 1 aliphatic carbocycles. The zero-order valence-corrected chi connectivity index (χ0v) is 16.2. The van der Waals surface area contributed by atoms with Gasteiger partial charge in [-0.3, -0.25) is 4.79 Å². The molecule has 0 aromatic rings. The number of hydrogen-bond donors (Lipinski definition) is 1. The smallest absolute Gasteiger partial charge is 0.244 e. The van der Waals surface area contributed by atoms with Crippen molar-refractivity contribution in [3.63, 3.8) is 0 Å². The molecule has 2 heteroatoms. The first kappa shape index (κ1) is 20.2. The van der Waals surface area contributed by atoms with E-state index in [4.69, 9.17) is 0 Å². The Kier molecular flexibility index (Phi) is 7.97. The number of nitrogens with one attached hydrogen (secondary N) is 1. The average molecular weight is 328 g/mol. The molecule has 0 saturated carbocycles. The molecular weight excluding hydrogens is 294 g/mol. The number of amides is 1. The quantitative estimate of drug-likeness (QED) is 0.495. The summed E-state index contributed by atoms with van der Waals surface area (Å²) in [6.45, 7) is 13.5. The fourth-order valence-corrected chi connectivity index (χ4v) is 3.11. The van der Waals surface area contributed by atoms with Gasteiger partial charge in [0.1, 0.15) is 0 Å². The second-order valence-electron chi connectivity index (χ2n) is 7.32. The van der Waals surface area contributed by atoms with Gasteiger partial charge in [0, 0.05) is 12.6 Å². The minimum atomic E-state index is -0.0396. The monoisotopic (exact) mass is 327 g/mol. The molecule has 0 spiro atoms. The Hall–Kier alpha value is -1.83. The summed E-state index contributed by atoms with van der Waals surface area (Å²) in [7, 11) is 0. The van der Waals surface area contributed by atoms with Crippen molar-refractivity contribution in [2.45, 2.75) is 60.8 Å². The van der Waals surface area contributed by atoms with Crippen molar-refractivity contribution in [1.82, 2.24) is 5.32 Å². The van der Waals surface area contributed by atoms with E-state index in [1.807, 2.05) is 26.0 Å². The van der Waals surface area contributed by atoms with Gasteiger partial charge in [0.25, 0.3) is 0 Å². The van der Waals surface area contributed by atoms with Crippen LogP contribution in [0.2, 0.25) is 0 Å². The van der Waals surface area contributed by atoms with E-state index in [0.29, 0.717) is 6.54 Å². The van der Waals surface area contributed by atoms with Gasteiger partial charge in [-0.15, -0.1) is 0 Å². The summed E-state index contributed by atoms with van der Waals surface area (Å²) >= 11 is 0. The SMILES string of the molecule is CCNC(=O)\C=C(C)/C=C/C=C(C)/C=C/C1=C(C)CCCC1(C)C. The van der Waals surface area contributed by atoms with E-state index in [-0.39, 0.29) is 11.3 Å². The lowest BCUT2D eigenvalue weighted by Crippen LogP contribution is -2.20. The molecule has 0 radical (unpaired) electrons. The molecule has 0 unspecified atom stereocenters. The standard InChI is InChI=1S/C22H33NO/c1-7-23-21(24)16-18(3)11-8-10-17(2)13-14-20-19(4)12-9-15-22(20,5)6/h8,10-11,13-14,16H,7,9,12,15H2,1-6H3,(H,23,24)/b11-8+,14-13+,17-10+,18-16-. The van der Waals surface area contributed by atoms with Gasteiger partial charge in [-0.05, 0) is 63.5 Å². The molecule has 0 aromatic heterocycles. The van der Waals surface area contributed by atoms with Gasteiger partial charge in [-0.2, -0.15) is 0 Å². The predicted molar refractivity (Wildman–Crippen MR) is 105 cm³/mol. The second-order valence-corrected chi connectivity index (χ2v) is 7.32. The molecule has 132 valence electrons. The van der Waals surface area contributed by atoms with Crippen LogP contribution in [0.5, 0.6) is 0 Å². The predicted octanol–water partition coefficient (Wildman–Crippen LogP) is 5.65. The normalized spacial score (nSPS) is 19.4. The van der Waals surface area contributed by atoms with Crippen molar-refractivity contribution in [3.05, 3.63) is 58.7 Å². The van der Waals surface area contributed by atoms with Crippen LogP contribution in [0.1, 0.15) is 60.8 Å². The van der Waals surface area contributed by atoms with Crippen LogP contribution in [0.25, 0.3) is 0 Å². The molecule has 0 heterocycles. The Labute approximate surface area is 148 Å². The average Bonchev–Trinajstić information content (AvgIpc) is 2.46. The summed E-state index contributed by atoms with van der Waals surface area (Å²) in [6.07, 6.45) is 15.9. The highest BCUT2D eigenvalue weighted by Gasteiger charge is 2.26. The number of carbonyl (C=O) groups excluding carboxylic acids is 1. The third-order valence-corrected chi connectivity index (χ3v) is 4.48. The van der Waals surface area contributed by atoms with E-state index in [1.165, 1.54) is 36.0 Å². The van der Waals surface area contributed by atoms with Crippen LogP contribution in [0.4, 0.5) is 0 Å². The molecule has 0 fully saturated rings. The lowest BCUT2D eigenvalue weighted by Gasteiger charge is -2.32. The minimum Gasteiger partial charge on any atom is -0.353 e. The first-order valence-corrected chi connectivity index (χ1v) is 8.95. The third kappa shape index (κ3) is 6.74. The van der Waals surface area contributed by atoms with E-state index in [1.54, 1.807) is 6.08 Å². The van der Waals surface area contributed by atoms with Gasteiger partial charge in [-0.25, -0.2) is 0 Å². The summed E-state index contributed by atoms with van der Waals surface area (Å²) in [6, 6.07) is 0. The molecule has 0 saturated heterocycles. The molecule has 24 heavy (non-hydrogen) atoms. The largest absolute Gasteiger partial charge is 0.353 e. The maximum atomic E-state index is 11.5. The molecule has 1 amide bonds. The summed E-state index contributed by atoms with van der Waals surface area (Å²) in [5.41, 5.74) is 5.44. The zero-order chi connectivity index (χ0) is 18.2. The van der Waals surface area contributed by atoms with Crippen LogP contribution < -0.4 is 5.32 Å².